The number of carbonyl (C=O) groups excluding carboxylic acids is 1. The first kappa shape index (κ1) is 15.8. The molecule has 1 amide bonds. The van der Waals surface area contributed by atoms with Crippen LogP contribution in [-0.2, 0) is 4.79 Å². The van der Waals surface area contributed by atoms with Crippen LogP contribution in [0, 0.1) is 0 Å². The van der Waals surface area contributed by atoms with Gasteiger partial charge in [-0.25, -0.2) is 0 Å². The summed E-state index contributed by atoms with van der Waals surface area (Å²) in [6, 6.07) is 7.43. The van der Waals surface area contributed by atoms with Crippen LogP contribution < -0.4 is 15.4 Å². The van der Waals surface area contributed by atoms with Gasteiger partial charge in [0.1, 0.15) is 5.75 Å². The van der Waals surface area contributed by atoms with Crippen molar-refractivity contribution in [3.63, 3.8) is 0 Å². The molecule has 1 saturated heterocycles. The molecule has 0 spiro atoms. The summed E-state index contributed by atoms with van der Waals surface area (Å²) in [4.78, 5) is 11.9. The molecule has 1 aliphatic heterocycles. The van der Waals surface area contributed by atoms with Gasteiger partial charge >= 0.3 is 0 Å². The van der Waals surface area contributed by atoms with Gasteiger partial charge in [0.15, 0.2) is 0 Å². The molecule has 0 saturated carbocycles. The Morgan fingerprint density at radius 1 is 1.37 bits per heavy atom. The topological polar surface area (TPSA) is 50.4 Å². The summed E-state index contributed by atoms with van der Waals surface area (Å²) in [6.45, 7) is 4.90. The molecule has 106 valence electrons. The highest BCUT2D eigenvalue weighted by atomic mass is 35.5. The van der Waals surface area contributed by atoms with Gasteiger partial charge in [-0.15, -0.1) is 12.4 Å². The van der Waals surface area contributed by atoms with Gasteiger partial charge in [0.05, 0.1) is 12.1 Å². The van der Waals surface area contributed by atoms with E-state index < -0.39 is 0 Å². The smallest absolute Gasteiger partial charge is 0.241 e. The first-order chi connectivity index (χ1) is 8.65. The Morgan fingerprint density at radius 2 is 2.05 bits per heavy atom. The molecule has 5 heteroatoms. The van der Waals surface area contributed by atoms with Crippen molar-refractivity contribution < 1.29 is 9.53 Å². The second-order valence-corrected chi connectivity index (χ2v) is 4.83. The summed E-state index contributed by atoms with van der Waals surface area (Å²) >= 11 is 0. The molecule has 1 aromatic carbocycles. The summed E-state index contributed by atoms with van der Waals surface area (Å²) in [5.41, 5.74) is 0.810. The highest BCUT2D eigenvalue weighted by Gasteiger charge is 2.21. The molecular weight excluding hydrogens is 264 g/mol. The Labute approximate surface area is 120 Å². The van der Waals surface area contributed by atoms with E-state index in [1.807, 2.05) is 38.1 Å². The van der Waals surface area contributed by atoms with E-state index in [4.69, 9.17) is 4.74 Å². The summed E-state index contributed by atoms with van der Waals surface area (Å²) in [6.07, 6.45) is 2.15. The van der Waals surface area contributed by atoms with Crippen LogP contribution in [0.3, 0.4) is 0 Å². The van der Waals surface area contributed by atoms with Gasteiger partial charge in [-0.1, -0.05) is 0 Å². The minimum atomic E-state index is -0.0448. The Balaban J connectivity index is 0.00000180. The van der Waals surface area contributed by atoms with E-state index in [-0.39, 0.29) is 30.5 Å². The lowest BCUT2D eigenvalue weighted by atomic mass is 10.2. The van der Waals surface area contributed by atoms with Crippen LogP contribution in [0.15, 0.2) is 24.3 Å². The molecule has 1 heterocycles. The highest BCUT2D eigenvalue weighted by molar-refractivity contribution is 5.95. The molecule has 4 nitrogen and oxygen atoms in total. The standard InChI is InChI=1S/C14H20N2O2.ClH/c1-10(2)18-12-7-5-11(6-8-12)16-14(17)13-4-3-9-15-13;/h5-8,10,13,15H,3-4,9H2,1-2H3,(H,16,17);1H. The molecule has 1 unspecified atom stereocenters. The van der Waals surface area contributed by atoms with Gasteiger partial charge in [-0.3, -0.25) is 4.79 Å². The molecule has 0 aromatic heterocycles. The largest absolute Gasteiger partial charge is 0.491 e. The molecular formula is C14H21ClN2O2. The van der Waals surface area contributed by atoms with Crippen LogP contribution in [0.5, 0.6) is 5.75 Å². The number of benzene rings is 1. The molecule has 19 heavy (non-hydrogen) atoms. The lowest BCUT2D eigenvalue weighted by Crippen LogP contribution is -2.35. The van der Waals surface area contributed by atoms with E-state index in [1.54, 1.807) is 0 Å². The maximum atomic E-state index is 11.9. The van der Waals surface area contributed by atoms with Gasteiger partial charge < -0.3 is 15.4 Å². The van der Waals surface area contributed by atoms with Crippen LogP contribution in [-0.4, -0.2) is 24.6 Å². The van der Waals surface area contributed by atoms with Crippen molar-refractivity contribution in [2.75, 3.05) is 11.9 Å². The van der Waals surface area contributed by atoms with Crippen LogP contribution in [0.25, 0.3) is 0 Å². The number of halogens is 1. The molecule has 1 aliphatic rings. The third kappa shape index (κ3) is 4.73. The summed E-state index contributed by atoms with van der Waals surface area (Å²) in [5.74, 6) is 0.868. The minimum Gasteiger partial charge on any atom is -0.491 e. The summed E-state index contributed by atoms with van der Waals surface area (Å²) in [7, 11) is 0. The van der Waals surface area contributed by atoms with Gasteiger partial charge in [0.25, 0.3) is 0 Å². The maximum absolute atomic E-state index is 11.9. The maximum Gasteiger partial charge on any atom is 0.241 e. The van der Waals surface area contributed by atoms with E-state index >= 15 is 0 Å². The van der Waals surface area contributed by atoms with E-state index in [2.05, 4.69) is 10.6 Å². The summed E-state index contributed by atoms with van der Waals surface area (Å²) < 4.78 is 5.55. The predicted molar refractivity (Wildman–Crippen MR) is 79.1 cm³/mol. The fourth-order valence-electron chi connectivity index (χ4n) is 2.03. The van der Waals surface area contributed by atoms with E-state index in [0.717, 1.165) is 30.8 Å². The molecule has 1 aromatic rings. The third-order valence-corrected chi connectivity index (χ3v) is 2.87. The Hall–Kier alpha value is -1.26. The molecule has 0 bridgehead atoms. The van der Waals surface area contributed by atoms with Crippen LogP contribution in [0.4, 0.5) is 5.69 Å². The first-order valence-corrected chi connectivity index (χ1v) is 6.46. The quantitative estimate of drug-likeness (QED) is 0.893. The zero-order chi connectivity index (χ0) is 13.0. The Morgan fingerprint density at radius 3 is 2.58 bits per heavy atom. The van der Waals surface area contributed by atoms with Crippen LogP contribution in [0.1, 0.15) is 26.7 Å². The van der Waals surface area contributed by atoms with E-state index in [1.165, 1.54) is 0 Å². The number of rotatable bonds is 4. The number of amides is 1. The lowest BCUT2D eigenvalue weighted by molar-refractivity contribution is -0.117. The van der Waals surface area contributed by atoms with Gasteiger partial charge in [-0.2, -0.15) is 0 Å². The Bertz CT molecular complexity index is 400. The minimum absolute atomic E-state index is 0. The van der Waals surface area contributed by atoms with Gasteiger partial charge in [0.2, 0.25) is 5.91 Å². The predicted octanol–water partition coefficient (Wildman–Crippen LogP) is 2.59. The average Bonchev–Trinajstić information content (AvgIpc) is 2.84. The fraction of sp³-hybridized carbons (Fsp3) is 0.500. The SMILES string of the molecule is CC(C)Oc1ccc(NC(=O)C2CCCN2)cc1.Cl. The fourth-order valence-corrected chi connectivity index (χ4v) is 2.03. The van der Waals surface area contributed by atoms with Crippen molar-refractivity contribution >= 4 is 24.0 Å². The van der Waals surface area contributed by atoms with Gasteiger partial charge in [0, 0.05) is 5.69 Å². The second-order valence-electron chi connectivity index (χ2n) is 4.83. The number of carbonyl (C=O) groups is 1. The van der Waals surface area contributed by atoms with Crippen molar-refractivity contribution in [3.05, 3.63) is 24.3 Å². The molecule has 0 radical (unpaired) electrons. The number of nitrogens with one attached hydrogen (secondary N) is 2. The van der Waals surface area contributed by atoms with Crippen molar-refractivity contribution in [2.45, 2.75) is 38.8 Å². The molecule has 1 fully saturated rings. The molecule has 0 aliphatic carbocycles. The summed E-state index contributed by atoms with van der Waals surface area (Å²) in [5, 5.41) is 6.08. The normalized spacial score (nSPS) is 17.9. The number of hydrogen-bond acceptors (Lipinski definition) is 3. The monoisotopic (exact) mass is 284 g/mol. The lowest BCUT2D eigenvalue weighted by Gasteiger charge is -2.12. The number of ether oxygens (including phenoxy) is 1. The van der Waals surface area contributed by atoms with Crippen molar-refractivity contribution in [2.24, 2.45) is 0 Å². The van der Waals surface area contributed by atoms with Crippen LogP contribution >= 0.6 is 12.4 Å². The van der Waals surface area contributed by atoms with Crippen LogP contribution in [0.2, 0.25) is 0 Å². The third-order valence-electron chi connectivity index (χ3n) is 2.87. The number of anilines is 1. The first-order valence-electron chi connectivity index (χ1n) is 6.46. The van der Waals surface area contributed by atoms with Crippen molar-refractivity contribution in [1.29, 1.82) is 0 Å². The van der Waals surface area contributed by atoms with E-state index in [0.29, 0.717) is 0 Å². The van der Waals surface area contributed by atoms with Gasteiger partial charge in [-0.05, 0) is 57.5 Å². The Kier molecular flexibility index (Phi) is 6.12. The highest BCUT2D eigenvalue weighted by Crippen LogP contribution is 2.17. The van der Waals surface area contributed by atoms with E-state index in [9.17, 15) is 4.79 Å². The van der Waals surface area contributed by atoms with Crippen molar-refractivity contribution in [1.82, 2.24) is 5.32 Å². The second kappa shape index (κ2) is 7.36. The molecule has 1 atom stereocenters. The zero-order valence-electron chi connectivity index (χ0n) is 11.3. The molecule has 2 N–H and O–H groups in total. The zero-order valence-corrected chi connectivity index (χ0v) is 12.1. The average molecular weight is 285 g/mol. The number of hydrogen-bond donors (Lipinski definition) is 2. The van der Waals surface area contributed by atoms with Crippen molar-refractivity contribution in [3.8, 4) is 5.75 Å². The molecule has 2 rings (SSSR count).